The van der Waals surface area contributed by atoms with Gasteiger partial charge >= 0.3 is 0 Å². The van der Waals surface area contributed by atoms with Gasteiger partial charge < -0.3 is 4.74 Å². The molecule has 0 radical (unpaired) electrons. The normalized spacial score (nSPS) is 13.4. The summed E-state index contributed by atoms with van der Waals surface area (Å²) in [6.07, 6.45) is 3.48. The minimum Gasteiger partial charge on any atom is -0.496 e. The van der Waals surface area contributed by atoms with Crippen molar-refractivity contribution in [1.29, 1.82) is 5.26 Å². The second kappa shape index (κ2) is 2.40. The van der Waals surface area contributed by atoms with E-state index in [1.165, 1.54) is 0 Å². The van der Waals surface area contributed by atoms with Crippen molar-refractivity contribution < 1.29 is 4.74 Å². The number of nitrogens with zero attached hydrogens (tertiary/aromatic N) is 1. The van der Waals surface area contributed by atoms with Crippen molar-refractivity contribution in [1.82, 2.24) is 0 Å². The van der Waals surface area contributed by atoms with Crippen LogP contribution < -0.4 is 0 Å². The predicted octanol–water partition coefficient (Wildman–Crippen LogP) is 2.12. The summed E-state index contributed by atoms with van der Waals surface area (Å²) in [6, 6.07) is 2.14. The van der Waals surface area contributed by atoms with E-state index in [1.807, 2.05) is 11.5 Å². The molecule has 1 aliphatic heterocycles. The number of hydrogen-bond donors (Lipinski definition) is 0. The fourth-order valence-electron chi connectivity index (χ4n) is 1.03. The number of ether oxygens (including phenoxy) is 1. The fraction of sp³-hybridized carbons (Fsp3) is 0.125. The molecule has 0 saturated heterocycles. The van der Waals surface area contributed by atoms with Gasteiger partial charge in [0.05, 0.1) is 16.7 Å². The van der Waals surface area contributed by atoms with Crippen LogP contribution in [0.2, 0.25) is 0 Å². The lowest BCUT2D eigenvalue weighted by Crippen LogP contribution is -1.91. The van der Waals surface area contributed by atoms with Crippen LogP contribution in [0.1, 0.15) is 16.0 Å². The molecule has 0 spiro atoms. The van der Waals surface area contributed by atoms with E-state index in [9.17, 15) is 0 Å². The van der Waals surface area contributed by atoms with Gasteiger partial charge in [0.2, 0.25) is 0 Å². The fourth-order valence-corrected chi connectivity index (χ4v) is 1.91. The molecule has 0 aromatic carbocycles. The van der Waals surface area contributed by atoms with Gasteiger partial charge in [0, 0.05) is 10.9 Å². The maximum atomic E-state index is 8.66. The van der Waals surface area contributed by atoms with Gasteiger partial charge in [0.25, 0.3) is 0 Å². The molecule has 2 heterocycles. The average Bonchev–Trinajstić information content (AvgIpc) is 2.47. The summed E-state index contributed by atoms with van der Waals surface area (Å²) in [5.41, 5.74) is 1.79. The Morgan fingerprint density at radius 2 is 2.55 bits per heavy atom. The lowest BCUT2D eigenvalue weighted by atomic mass is 10.1. The first-order valence-corrected chi connectivity index (χ1v) is 4.08. The summed E-state index contributed by atoms with van der Waals surface area (Å²) in [5.74, 6) is 0. The van der Waals surface area contributed by atoms with E-state index < -0.39 is 0 Å². The molecular formula is C8H5NOS. The van der Waals surface area contributed by atoms with Gasteiger partial charge in [0.15, 0.2) is 0 Å². The molecule has 0 saturated carbocycles. The summed E-state index contributed by atoms with van der Waals surface area (Å²) in [5, 5.41) is 10.5. The maximum Gasteiger partial charge on any atom is 0.122 e. The number of rotatable bonds is 0. The lowest BCUT2D eigenvalue weighted by Gasteiger charge is -2.05. The van der Waals surface area contributed by atoms with Gasteiger partial charge in [0.1, 0.15) is 12.7 Å². The van der Waals surface area contributed by atoms with Crippen LogP contribution in [-0.2, 0) is 11.3 Å². The van der Waals surface area contributed by atoms with Gasteiger partial charge in [-0.25, -0.2) is 0 Å². The van der Waals surface area contributed by atoms with E-state index in [1.54, 1.807) is 17.6 Å². The Bertz CT molecular complexity index is 345. The average molecular weight is 163 g/mol. The molecule has 1 aliphatic rings. The third kappa shape index (κ3) is 0.920. The molecule has 2 nitrogen and oxygen atoms in total. The van der Waals surface area contributed by atoms with Crippen LogP contribution in [0.3, 0.4) is 0 Å². The molecule has 3 heteroatoms. The van der Waals surface area contributed by atoms with Crippen LogP contribution in [-0.4, -0.2) is 0 Å². The Hall–Kier alpha value is -1.27. The minimum atomic E-state index is 0.609. The predicted molar refractivity (Wildman–Crippen MR) is 42.9 cm³/mol. The second-order valence-corrected chi connectivity index (χ2v) is 3.18. The Balaban J connectivity index is 2.59. The quantitative estimate of drug-likeness (QED) is 0.587. The van der Waals surface area contributed by atoms with Crippen molar-refractivity contribution in [3.05, 3.63) is 27.6 Å². The molecule has 2 rings (SSSR count). The third-order valence-electron chi connectivity index (χ3n) is 1.58. The first kappa shape index (κ1) is 6.44. The molecule has 0 bridgehead atoms. The van der Waals surface area contributed by atoms with Gasteiger partial charge in [-0.3, -0.25) is 0 Å². The van der Waals surface area contributed by atoms with Crippen LogP contribution in [0.4, 0.5) is 0 Å². The van der Waals surface area contributed by atoms with Gasteiger partial charge in [-0.1, -0.05) is 0 Å². The Labute approximate surface area is 68.3 Å². The molecule has 1 aromatic heterocycles. The largest absolute Gasteiger partial charge is 0.496 e. The van der Waals surface area contributed by atoms with E-state index >= 15 is 0 Å². The standard InChI is InChI=1S/C8H5NOS/c9-3-6-5-11-8-4-10-2-1-7(6)8/h1-2,5H,4H2. The summed E-state index contributed by atoms with van der Waals surface area (Å²) >= 11 is 1.58. The molecule has 1 aromatic rings. The molecule has 0 aliphatic carbocycles. The zero-order valence-corrected chi connectivity index (χ0v) is 6.52. The SMILES string of the molecule is N#Cc1csc2c1C=COC2. The second-order valence-electron chi connectivity index (χ2n) is 2.21. The van der Waals surface area contributed by atoms with E-state index in [2.05, 4.69) is 6.07 Å². The highest BCUT2D eigenvalue weighted by molar-refractivity contribution is 7.10. The highest BCUT2D eigenvalue weighted by Gasteiger charge is 2.11. The Morgan fingerprint density at radius 3 is 3.36 bits per heavy atom. The Morgan fingerprint density at radius 1 is 1.64 bits per heavy atom. The van der Waals surface area contributed by atoms with Crippen molar-refractivity contribution in [2.45, 2.75) is 6.61 Å². The summed E-state index contributed by atoms with van der Waals surface area (Å²) in [7, 11) is 0. The number of nitriles is 1. The molecular weight excluding hydrogens is 158 g/mol. The smallest absolute Gasteiger partial charge is 0.122 e. The molecule has 0 fully saturated rings. The van der Waals surface area contributed by atoms with Crippen molar-refractivity contribution in [2.24, 2.45) is 0 Å². The highest BCUT2D eigenvalue weighted by Crippen LogP contribution is 2.27. The lowest BCUT2D eigenvalue weighted by molar-refractivity contribution is 0.238. The van der Waals surface area contributed by atoms with E-state index in [0.29, 0.717) is 6.61 Å². The van der Waals surface area contributed by atoms with Crippen LogP contribution in [0.25, 0.3) is 6.08 Å². The van der Waals surface area contributed by atoms with Gasteiger partial charge in [-0.05, 0) is 6.08 Å². The number of fused-ring (bicyclic) bond motifs is 1. The van der Waals surface area contributed by atoms with Gasteiger partial charge in [-0.15, -0.1) is 11.3 Å². The minimum absolute atomic E-state index is 0.609. The van der Waals surface area contributed by atoms with Crippen LogP contribution in [0.5, 0.6) is 0 Å². The van der Waals surface area contributed by atoms with E-state index in [4.69, 9.17) is 10.00 Å². The van der Waals surface area contributed by atoms with Crippen molar-refractivity contribution in [3.8, 4) is 6.07 Å². The van der Waals surface area contributed by atoms with Crippen LogP contribution in [0, 0.1) is 11.3 Å². The van der Waals surface area contributed by atoms with Crippen molar-refractivity contribution in [2.75, 3.05) is 0 Å². The molecule has 11 heavy (non-hydrogen) atoms. The number of hydrogen-bond acceptors (Lipinski definition) is 3. The molecule has 0 unspecified atom stereocenters. The summed E-state index contributed by atoms with van der Waals surface area (Å²) in [6.45, 7) is 0.609. The van der Waals surface area contributed by atoms with E-state index in [-0.39, 0.29) is 0 Å². The van der Waals surface area contributed by atoms with Crippen LogP contribution in [0.15, 0.2) is 11.6 Å². The molecule has 0 atom stereocenters. The van der Waals surface area contributed by atoms with Crippen molar-refractivity contribution in [3.63, 3.8) is 0 Å². The van der Waals surface area contributed by atoms with Crippen molar-refractivity contribution >= 4 is 17.4 Å². The molecule has 0 amide bonds. The zero-order chi connectivity index (χ0) is 7.68. The maximum absolute atomic E-state index is 8.66. The molecule has 0 N–H and O–H groups in total. The monoisotopic (exact) mass is 163 g/mol. The first-order chi connectivity index (χ1) is 5.42. The summed E-state index contributed by atoms with van der Waals surface area (Å²) in [4.78, 5) is 1.14. The van der Waals surface area contributed by atoms with Gasteiger partial charge in [-0.2, -0.15) is 5.26 Å². The van der Waals surface area contributed by atoms with Crippen LogP contribution >= 0.6 is 11.3 Å². The zero-order valence-electron chi connectivity index (χ0n) is 5.70. The third-order valence-corrected chi connectivity index (χ3v) is 2.55. The topological polar surface area (TPSA) is 33.0 Å². The summed E-state index contributed by atoms with van der Waals surface area (Å²) < 4.78 is 5.07. The highest BCUT2D eigenvalue weighted by atomic mass is 32.1. The van der Waals surface area contributed by atoms with E-state index in [0.717, 1.165) is 16.0 Å². The number of thiophene rings is 1. The first-order valence-electron chi connectivity index (χ1n) is 3.20. The molecule has 54 valence electrons. The Kier molecular flexibility index (Phi) is 1.41.